The first-order valence-electron chi connectivity index (χ1n) is 21.4. The molecule has 0 aromatic heterocycles. The third-order valence-electron chi connectivity index (χ3n) is 9.81. The Morgan fingerprint density at radius 3 is 1.47 bits per heavy atom. The van der Waals surface area contributed by atoms with E-state index in [2.05, 4.69) is 31.3 Å². The highest BCUT2D eigenvalue weighted by Gasteiger charge is 2.20. The normalized spacial score (nSPS) is 12.8. The van der Waals surface area contributed by atoms with Gasteiger partial charge in [-0.15, -0.1) is 0 Å². The molecule has 0 rings (SSSR count). The highest BCUT2D eigenvalue weighted by atomic mass is 16.5. The summed E-state index contributed by atoms with van der Waals surface area (Å²) in [4.78, 5) is 24.3. The summed E-state index contributed by atoms with van der Waals surface area (Å²) in [6.45, 7) is 4.84. The monoisotopic (exact) mass is 694 g/mol. The molecular formula is C43H83NO5. The lowest BCUT2D eigenvalue weighted by atomic mass is 10.0. The predicted octanol–water partition coefficient (Wildman–Crippen LogP) is 11.8. The number of rotatable bonds is 39. The lowest BCUT2D eigenvalue weighted by Gasteiger charge is -2.22. The van der Waals surface area contributed by atoms with Crippen LogP contribution >= 0.6 is 0 Å². The third-order valence-corrected chi connectivity index (χ3v) is 9.81. The van der Waals surface area contributed by atoms with Crippen LogP contribution in [0.15, 0.2) is 12.2 Å². The molecule has 0 heterocycles. The molecule has 0 fully saturated rings. The van der Waals surface area contributed by atoms with Crippen molar-refractivity contribution in [2.24, 2.45) is 0 Å². The lowest BCUT2D eigenvalue weighted by molar-refractivity contribution is -0.143. The van der Waals surface area contributed by atoms with Gasteiger partial charge in [-0.1, -0.05) is 174 Å². The highest BCUT2D eigenvalue weighted by Crippen LogP contribution is 2.15. The van der Waals surface area contributed by atoms with Gasteiger partial charge in [0.2, 0.25) is 5.91 Å². The molecular weight excluding hydrogens is 610 g/mol. The molecule has 2 unspecified atom stereocenters. The average molecular weight is 694 g/mol. The summed E-state index contributed by atoms with van der Waals surface area (Å²) in [5, 5.41) is 23.0. The average Bonchev–Trinajstić information content (AvgIpc) is 3.10. The van der Waals surface area contributed by atoms with E-state index in [0.717, 1.165) is 57.8 Å². The Balaban J connectivity index is 3.50. The van der Waals surface area contributed by atoms with Crippen molar-refractivity contribution in [3.63, 3.8) is 0 Å². The number of allylic oxidation sites excluding steroid dienone is 2. The number of amides is 1. The summed E-state index contributed by atoms with van der Waals surface area (Å²) in [7, 11) is 0. The van der Waals surface area contributed by atoms with Gasteiger partial charge in [0.15, 0.2) is 0 Å². The fourth-order valence-electron chi connectivity index (χ4n) is 6.45. The second-order valence-electron chi connectivity index (χ2n) is 14.7. The summed E-state index contributed by atoms with van der Waals surface area (Å²) in [5.74, 6) is -0.101. The van der Waals surface area contributed by atoms with E-state index >= 15 is 0 Å². The van der Waals surface area contributed by atoms with Gasteiger partial charge < -0.3 is 20.3 Å². The van der Waals surface area contributed by atoms with Crippen molar-refractivity contribution in [2.75, 3.05) is 13.2 Å². The van der Waals surface area contributed by atoms with Crippen LogP contribution in [0, 0.1) is 0 Å². The smallest absolute Gasteiger partial charge is 0.305 e. The van der Waals surface area contributed by atoms with Gasteiger partial charge in [0.05, 0.1) is 25.4 Å². The maximum absolute atomic E-state index is 12.3. The molecule has 0 saturated heterocycles. The van der Waals surface area contributed by atoms with Gasteiger partial charge in [-0.05, 0) is 51.4 Å². The fourth-order valence-corrected chi connectivity index (χ4v) is 6.45. The highest BCUT2D eigenvalue weighted by molar-refractivity contribution is 5.76. The Morgan fingerprint density at radius 1 is 0.551 bits per heavy atom. The minimum Gasteiger partial charge on any atom is -0.466 e. The molecule has 0 saturated carbocycles. The minimum absolute atomic E-state index is 0.0351. The maximum Gasteiger partial charge on any atom is 0.305 e. The van der Waals surface area contributed by atoms with E-state index in [1.54, 1.807) is 0 Å². The first-order chi connectivity index (χ1) is 24.0. The van der Waals surface area contributed by atoms with E-state index in [9.17, 15) is 19.8 Å². The summed E-state index contributed by atoms with van der Waals surface area (Å²) in [5.41, 5.74) is 0. The van der Waals surface area contributed by atoms with Gasteiger partial charge in [0, 0.05) is 12.8 Å². The van der Waals surface area contributed by atoms with Gasteiger partial charge in [-0.2, -0.15) is 0 Å². The minimum atomic E-state index is -0.678. The zero-order valence-corrected chi connectivity index (χ0v) is 32.7. The maximum atomic E-state index is 12.3. The molecule has 0 aromatic rings. The number of nitrogens with one attached hydrogen (secondary N) is 1. The number of ether oxygens (including phenoxy) is 1. The number of unbranched alkanes of at least 4 members (excludes halogenated alkanes) is 26. The van der Waals surface area contributed by atoms with Crippen molar-refractivity contribution < 1.29 is 24.5 Å². The number of carbonyl (C=O) groups excluding carboxylic acids is 2. The quantitative estimate of drug-likeness (QED) is 0.0338. The summed E-state index contributed by atoms with van der Waals surface area (Å²) in [6.07, 6.45) is 41.6. The van der Waals surface area contributed by atoms with Gasteiger partial charge in [0.1, 0.15) is 0 Å². The second-order valence-corrected chi connectivity index (χ2v) is 14.7. The van der Waals surface area contributed by atoms with Gasteiger partial charge in [-0.25, -0.2) is 0 Å². The molecule has 290 valence electrons. The van der Waals surface area contributed by atoms with Crippen LogP contribution in [0.25, 0.3) is 0 Å². The van der Waals surface area contributed by atoms with E-state index in [1.807, 2.05) is 0 Å². The zero-order valence-electron chi connectivity index (χ0n) is 32.7. The van der Waals surface area contributed by atoms with Crippen molar-refractivity contribution in [2.45, 2.75) is 238 Å². The van der Waals surface area contributed by atoms with Crippen LogP contribution < -0.4 is 5.32 Å². The van der Waals surface area contributed by atoms with Crippen LogP contribution in [-0.4, -0.2) is 47.4 Å². The van der Waals surface area contributed by atoms with Crippen LogP contribution in [0.4, 0.5) is 0 Å². The Bertz CT molecular complexity index is 727. The lowest BCUT2D eigenvalue weighted by Crippen LogP contribution is -2.45. The van der Waals surface area contributed by atoms with E-state index in [0.29, 0.717) is 25.9 Å². The van der Waals surface area contributed by atoms with E-state index < -0.39 is 12.1 Å². The standard InChI is InChI=1S/C43H83NO5/c1-3-5-7-9-11-13-15-16-17-21-25-29-33-37-43(48)49-38-34-30-26-22-18-20-24-28-32-36-42(47)44-40(39-45)41(46)35-31-27-23-19-14-12-10-8-6-4-2/h13,15,40-41,45-46H,3-12,14,16-39H2,1-2H3,(H,44,47)/b15-13-. The van der Waals surface area contributed by atoms with Gasteiger partial charge in [-0.3, -0.25) is 9.59 Å². The number of aliphatic hydroxyl groups is 2. The molecule has 6 heteroatoms. The molecule has 0 aliphatic rings. The predicted molar refractivity (Wildman–Crippen MR) is 209 cm³/mol. The summed E-state index contributed by atoms with van der Waals surface area (Å²) < 4.78 is 5.42. The van der Waals surface area contributed by atoms with Crippen LogP contribution in [0.2, 0.25) is 0 Å². The first kappa shape index (κ1) is 47.6. The Hall–Kier alpha value is -1.40. The largest absolute Gasteiger partial charge is 0.466 e. The topological polar surface area (TPSA) is 95.9 Å². The SMILES string of the molecule is CCCCCC/C=C\CCCCCCCC(=O)OCCCCCCCCCCCC(=O)NC(CO)C(O)CCCCCCCCCCCC. The third kappa shape index (κ3) is 36.2. The molecule has 0 aliphatic carbocycles. The van der Waals surface area contributed by atoms with E-state index in [1.165, 1.54) is 135 Å². The van der Waals surface area contributed by atoms with Crippen LogP contribution in [0.1, 0.15) is 226 Å². The number of esters is 1. The Kier molecular flexibility index (Phi) is 38.3. The zero-order chi connectivity index (χ0) is 35.9. The number of aliphatic hydroxyl groups excluding tert-OH is 2. The molecule has 0 aromatic carbocycles. The molecule has 2 atom stereocenters. The van der Waals surface area contributed by atoms with Gasteiger partial charge >= 0.3 is 5.97 Å². The molecule has 0 radical (unpaired) electrons. The van der Waals surface area contributed by atoms with Crippen molar-refractivity contribution in [3.8, 4) is 0 Å². The van der Waals surface area contributed by atoms with Crippen molar-refractivity contribution in [3.05, 3.63) is 12.2 Å². The Morgan fingerprint density at radius 2 is 0.959 bits per heavy atom. The second kappa shape index (κ2) is 39.4. The van der Waals surface area contributed by atoms with Crippen molar-refractivity contribution in [1.29, 1.82) is 0 Å². The Labute approximate surface area is 304 Å². The number of hydrogen-bond acceptors (Lipinski definition) is 5. The van der Waals surface area contributed by atoms with Crippen molar-refractivity contribution in [1.82, 2.24) is 5.32 Å². The first-order valence-corrected chi connectivity index (χ1v) is 21.4. The molecule has 6 nitrogen and oxygen atoms in total. The number of carbonyl (C=O) groups is 2. The molecule has 0 aliphatic heterocycles. The van der Waals surface area contributed by atoms with Gasteiger partial charge in [0.25, 0.3) is 0 Å². The van der Waals surface area contributed by atoms with E-state index in [-0.39, 0.29) is 18.5 Å². The van der Waals surface area contributed by atoms with E-state index in [4.69, 9.17) is 4.74 Å². The molecule has 1 amide bonds. The molecule has 3 N–H and O–H groups in total. The van der Waals surface area contributed by atoms with Crippen LogP contribution in [0.5, 0.6) is 0 Å². The molecule has 0 spiro atoms. The van der Waals surface area contributed by atoms with Crippen LogP contribution in [-0.2, 0) is 14.3 Å². The summed E-state index contributed by atoms with van der Waals surface area (Å²) in [6, 6.07) is -0.558. The fraction of sp³-hybridized carbons (Fsp3) is 0.907. The number of hydrogen-bond donors (Lipinski definition) is 3. The molecule has 49 heavy (non-hydrogen) atoms. The van der Waals surface area contributed by atoms with Crippen molar-refractivity contribution >= 4 is 11.9 Å². The summed E-state index contributed by atoms with van der Waals surface area (Å²) >= 11 is 0. The molecule has 0 bridgehead atoms. The van der Waals surface area contributed by atoms with Crippen LogP contribution in [0.3, 0.4) is 0 Å².